The minimum atomic E-state index is -0.651. The summed E-state index contributed by atoms with van der Waals surface area (Å²) in [5, 5.41) is 9.75. The van der Waals surface area contributed by atoms with Gasteiger partial charge in [0.25, 0.3) is 0 Å². The molecule has 0 radical (unpaired) electrons. The first-order chi connectivity index (χ1) is 10.3. The van der Waals surface area contributed by atoms with Crippen molar-refractivity contribution in [2.24, 2.45) is 0 Å². The maximum Gasteiger partial charge on any atom is 0.410 e. The largest absolute Gasteiger partial charge is 0.476 e. The molecule has 1 unspecified atom stereocenters. The fraction of sp³-hybridized carbons (Fsp3) is 0.688. The number of hydrogen-bond donors (Lipinski definition) is 1. The van der Waals surface area contributed by atoms with E-state index in [2.05, 4.69) is 0 Å². The van der Waals surface area contributed by atoms with Crippen LogP contribution in [0.15, 0.2) is 24.1 Å². The lowest BCUT2D eigenvalue weighted by atomic mass is 10.1. The molecule has 2 heterocycles. The Morgan fingerprint density at radius 2 is 1.95 bits per heavy atom. The molecule has 0 aliphatic carbocycles. The highest BCUT2D eigenvalue weighted by Gasteiger charge is 2.28. The Labute approximate surface area is 132 Å². The second-order valence-electron chi connectivity index (χ2n) is 6.70. The van der Waals surface area contributed by atoms with Gasteiger partial charge in [-0.25, -0.2) is 4.79 Å². The van der Waals surface area contributed by atoms with E-state index in [-0.39, 0.29) is 12.2 Å². The van der Waals surface area contributed by atoms with Crippen LogP contribution in [0.4, 0.5) is 4.79 Å². The Balaban J connectivity index is 1.81. The first-order valence-corrected chi connectivity index (χ1v) is 7.70. The van der Waals surface area contributed by atoms with Crippen LogP contribution in [-0.4, -0.2) is 59.1 Å². The van der Waals surface area contributed by atoms with Gasteiger partial charge in [0, 0.05) is 33.0 Å². The van der Waals surface area contributed by atoms with E-state index < -0.39 is 11.8 Å². The minimum Gasteiger partial charge on any atom is -0.476 e. The Bertz CT molecular complexity index is 459. The summed E-state index contributed by atoms with van der Waals surface area (Å²) in [4.78, 5) is 15.4. The van der Waals surface area contributed by atoms with Gasteiger partial charge in [0.2, 0.25) is 0 Å². The van der Waals surface area contributed by atoms with Gasteiger partial charge in [0.15, 0.2) is 5.88 Å². The van der Waals surface area contributed by atoms with Gasteiger partial charge in [-0.15, -0.1) is 0 Å². The number of likely N-dealkylation sites (N-methyl/N-ethyl adjacent to an activating group) is 1. The van der Waals surface area contributed by atoms with Crippen molar-refractivity contribution in [3.05, 3.63) is 24.1 Å². The third kappa shape index (κ3) is 4.40. The number of allylic oxidation sites excluding steroid dienone is 2. The van der Waals surface area contributed by atoms with E-state index in [4.69, 9.17) is 9.47 Å². The molecule has 1 amide bonds. The van der Waals surface area contributed by atoms with E-state index in [0.29, 0.717) is 19.0 Å². The quantitative estimate of drug-likeness (QED) is 0.846. The van der Waals surface area contributed by atoms with Gasteiger partial charge in [-0.3, -0.25) is 0 Å². The molecule has 0 aromatic rings. The van der Waals surface area contributed by atoms with Crippen LogP contribution in [0.1, 0.15) is 33.6 Å². The number of aliphatic hydroxyl groups is 1. The smallest absolute Gasteiger partial charge is 0.410 e. The molecule has 1 saturated heterocycles. The molecule has 124 valence electrons. The summed E-state index contributed by atoms with van der Waals surface area (Å²) in [5.41, 5.74) is -0.470. The molecule has 0 bridgehead atoms. The first-order valence-electron chi connectivity index (χ1n) is 7.70. The molecule has 1 N–H and O–H groups in total. The summed E-state index contributed by atoms with van der Waals surface area (Å²) >= 11 is 0. The van der Waals surface area contributed by atoms with Crippen molar-refractivity contribution in [3.8, 4) is 0 Å². The molecule has 2 rings (SSSR count). The van der Waals surface area contributed by atoms with Gasteiger partial charge in [-0.05, 0) is 32.9 Å². The number of rotatable bonds is 2. The van der Waals surface area contributed by atoms with Crippen molar-refractivity contribution >= 4 is 6.09 Å². The van der Waals surface area contributed by atoms with Gasteiger partial charge in [-0.2, -0.15) is 0 Å². The van der Waals surface area contributed by atoms with Crippen molar-refractivity contribution < 1.29 is 19.4 Å². The molecule has 2 aliphatic rings. The molecule has 6 nitrogen and oxygen atoms in total. The second-order valence-corrected chi connectivity index (χ2v) is 6.70. The molecule has 0 aromatic heterocycles. The second kappa shape index (κ2) is 6.60. The van der Waals surface area contributed by atoms with Crippen LogP contribution in [0.2, 0.25) is 0 Å². The molecular weight excluding hydrogens is 284 g/mol. The van der Waals surface area contributed by atoms with Crippen LogP contribution >= 0.6 is 0 Å². The average Bonchev–Trinajstić information content (AvgIpc) is 2.43. The zero-order valence-corrected chi connectivity index (χ0v) is 13.8. The van der Waals surface area contributed by atoms with Gasteiger partial charge >= 0.3 is 6.09 Å². The van der Waals surface area contributed by atoms with E-state index in [0.717, 1.165) is 12.8 Å². The van der Waals surface area contributed by atoms with Crippen LogP contribution in [0, 0.1) is 0 Å². The summed E-state index contributed by atoms with van der Waals surface area (Å²) in [6, 6.07) is 0. The molecule has 1 fully saturated rings. The maximum absolute atomic E-state index is 12.0. The molecule has 22 heavy (non-hydrogen) atoms. The van der Waals surface area contributed by atoms with Crippen molar-refractivity contribution in [1.82, 2.24) is 9.80 Å². The monoisotopic (exact) mass is 310 g/mol. The molecule has 0 saturated carbocycles. The minimum absolute atomic E-state index is 0.0473. The van der Waals surface area contributed by atoms with Crippen molar-refractivity contribution in [1.29, 1.82) is 0 Å². The van der Waals surface area contributed by atoms with Gasteiger partial charge < -0.3 is 24.4 Å². The lowest BCUT2D eigenvalue weighted by molar-refractivity contribution is -0.0297. The highest BCUT2D eigenvalue weighted by molar-refractivity contribution is 5.68. The fourth-order valence-corrected chi connectivity index (χ4v) is 2.39. The SMILES string of the molecule is CN1C(OC2CCN(C(=O)OC(C)(C)C)CC2)=CC=CC1O. The van der Waals surface area contributed by atoms with Gasteiger partial charge in [-0.1, -0.05) is 6.08 Å². The van der Waals surface area contributed by atoms with E-state index in [1.807, 2.05) is 26.8 Å². The lowest BCUT2D eigenvalue weighted by Gasteiger charge is -2.36. The average molecular weight is 310 g/mol. The molecule has 2 aliphatic heterocycles. The maximum atomic E-state index is 12.0. The Hall–Kier alpha value is -1.69. The molecule has 0 aromatic carbocycles. The predicted molar refractivity (Wildman–Crippen MR) is 82.9 cm³/mol. The number of nitrogens with zero attached hydrogens (tertiary/aromatic N) is 2. The summed E-state index contributed by atoms with van der Waals surface area (Å²) in [6.07, 6.45) is 5.96. The van der Waals surface area contributed by atoms with Crippen LogP contribution in [0.25, 0.3) is 0 Å². The number of hydrogen-bond acceptors (Lipinski definition) is 5. The number of aliphatic hydroxyl groups excluding tert-OH is 1. The Morgan fingerprint density at radius 1 is 1.32 bits per heavy atom. The van der Waals surface area contributed by atoms with E-state index in [9.17, 15) is 9.90 Å². The van der Waals surface area contributed by atoms with Crippen LogP contribution in [-0.2, 0) is 9.47 Å². The van der Waals surface area contributed by atoms with E-state index >= 15 is 0 Å². The van der Waals surface area contributed by atoms with Crippen molar-refractivity contribution in [3.63, 3.8) is 0 Å². The Kier molecular flexibility index (Phi) is 5.01. The standard InChI is InChI=1S/C16H26N2O4/c1-16(2,3)22-15(20)18-10-8-12(9-11-18)21-14-7-5-6-13(19)17(14)4/h5-7,12-13,19H,8-11H2,1-4H3. The van der Waals surface area contributed by atoms with Crippen molar-refractivity contribution in [2.45, 2.75) is 51.5 Å². The molecular formula is C16H26N2O4. The van der Waals surface area contributed by atoms with Crippen molar-refractivity contribution in [2.75, 3.05) is 20.1 Å². The van der Waals surface area contributed by atoms with Crippen LogP contribution in [0.5, 0.6) is 0 Å². The normalized spacial score (nSPS) is 23.3. The number of carbonyl (C=O) groups excluding carboxylic acids is 1. The summed E-state index contributed by atoms with van der Waals surface area (Å²) in [5.74, 6) is 0.658. The number of amides is 1. The number of ether oxygens (including phenoxy) is 2. The third-order valence-electron chi connectivity index (χ3n) is 3.65. The Morgan fingerprint density at radius 3 is 2.55 bits per heavy atom. The van der Waals surface area contributed by atoms with E-state index in [1.165, 1.54) is 0 Å². The van der Waals surface area contributed by atoms with Gasteiger partial charge in [0.05, 0.1) is 0 Å². The summed E-state index contributed by atoms with van der Waals surface area (Å²) in [7, 11) is 1.79. The fourth-order valence-electron chi connectivity index (χ4n) is 2.39. The molecule has 0 spiro atoms. The summed E-state index contributed by atoms with van der Waals surface area (Å²) < 4.78 is 11.3. The van der Waals surface area contributed by atoms with E-state index in [1.54, 1.807) is 29.0 Å². The third-order valence-corrected chi connectivity index (χ3v) is 3.65. The highest BCUT2D eigenvalue weighted by Crippen LogP contribution is 2.22. The molecule has 1 atom stereocenters. The summed E-state index contributed by atoms with van der Waals surface area (Å²) in [6.45, 7) is 6.84. The van der Waals surface area contributed by atoms with Crippen LogP contribution < -0.4 is 0 Å². The predicted octanol–water partition coefficient (Wildman–Crippen LogP) is 2.06. The lowest BCUT2D eigenvalue weighted by Crippen LogP contribution is -2.44. The highest BCUT2D eigenvalue weighted by atomic mass is 16.6. The number of carbonyl (C=O) groups is 1. The van der Waals surface area contributed by atoms with Crippen LogP contribution in [0.3, 0.4) is 0 Å². The topological polar surface area (TPSA) is 62.2 Å². The zero-order chi connectivity index (χ0) is 16.3. The molecule has 6 heteroatoms. The zero-order valence-electron chi connectivity index (χ0n) is 13.8. The first kappa shape index (κ1) is 16.7. The number of likely N-dealkylation sites (tertiary alicyclic amines) is 1. The number of piperidine rings is 1. The van der Waals surface area contributed by atoms with Gasteiger partial charge in [0.1, 0.15) is 17.9 Å².